The molecule has 0 fully saturated rings. The summed E-state index contributed by atoms with van der Waals surface area (Å²) >= 11 is 7.03. The molecule has 1 N–H and O–H groups in total. The van der Waals surface area contributed by atoms with Crippen LogP contribution in [0, 0.1) is 10.1 Å². The first-order valence-corrected chi connectivity index (χ1v) is 6.90. The summed E-state index contributed by atoms with van der Waals surface area (Å²) in [5.41, 5.74) is 3.87. The van der Waals surface area contributed by atoms with E-state index in [9.17, 15) is 14.9 Å². The van der Waals surface area contributed by atoms with Crippen LogP contribution in [0.2, 0.25) is 5.02 Å². The van der Waals surface area contributed by atoms with Gasteiger partial charge in [0.25, 0.3) is 5.69 Å². The molecule has 8 heteroatoms. The number of carbonyl (C=O) groups is 1. The number of nitrogens with one attached hydrogen (secondary N) is 1. The van der Waals surface area contributed by atoms with E-state index in [0.29, 0.717) is 11.4 Å². The number of hydrazine groups is 1. The van der Waals surface area contributed by atoms with Gasteiger partial charge < -0.3 is 0 Å². The summed E-state index contributed by atoms with van der Waals surface area (Å²) in [5, 5.41) is 10.9. The molecule has 0 amide bonds. The van der Waals surface area contributed by atoms with Gasteiger partial charge in [0.05, 0.1) is 9.83 Å². The Balaban J connectivity index is 2.33. The monoisotopic (exact) mass is 313 g/mol. The molecule has 0 radical (unpaired) electrons. The van der Waals surface area contributed by atoms with E-state index in [1.807, 2.05) is 11.3 Å². The van der Waals surface area contributed by atoms with Crippen molar-refractivity contribution in [3.8, 4) is 0 Å². The molecule has 0 spiro atoms. The first-order chi connectivity index (χ1) is 9.43. The second-order valence-corrected chi connectivity index (χ2v) is 5.65. The van der Waals surface area contributed by atoms with Crippen molar-refractivity contribution in [2.75, 3.05) is 13.6 Å². The van der Waals surface area contributed by atoms with Gasteiger partial charge >= 0.3 is 0 Å². The molecule has 1 aromatic carbocycles. The molecule has 0 bridgehead atoms. The van der Waals surface area contributed by atoms with E-state index < -0.39 is 4.92 Å². The van der Waals surface area contributed by atoms with Crippen LogP contribution in [0.3, 0.4) is 0 Å². The lowest BCUT2D eigenvalue weighted by molar-refractivity contribution is -0.384. The Morgan fingerprint density at radius 2 is 2.25 bits per heavy atom. The van der Waals surface area contributed by atoms with E-state index >= 15 is 0 Å². The predicted molar refractivity (Wildman–Crippen MR) is 78.5 cm³/mol. The van der Waals surface area contributed by atoms with Gasteiger partial charge in [-0.3, -0.25) is 14.9 Å². The number of rotatable bonds is 4. The van der Waals surface area contributed by atoms with Crippen LogP contribution in [-0.4, -0.2) is 28.7 Å². The summed E-state index contributed by atoms with van der Waals surface area (Å²) < 4.78 is 1.81. The molecule has 0 aliphatic carbocycles. The van der Waals surface area contributed by atoms with Gasteiger partial charge in [0, 0.05) is 18.2 Å². The SMILES string of the molecule is CNN1CC(C)=C(C(=O)c2ccc(Cl)c([N+](=O)[O-])c2)S1. The van der Waals surface area contributed by atoms with E-state index in [1.54, 1.807) is 7.05 Å². The summed E-state index contributed by atoms with van der Waals surface area (Å²) in [6, 6.07) is 4.09. The molecule has 6 nitrogen and oxygen atoms in total. The molecule has 0 unspecified atom stereocenters. The number of benzene rings is 1. The lowest BCUT2D eigenvalue weighted by Gasteiger charge is -2.11. The maximum Gasteiger partial charge on any atom is 0.288 e. The number of ketones is 1. The highest BCUT2D eigenvalue weighted by Gasteiger charge is 2.27. The molecule has 0 saturated carbocycles. The summed E-state index contributed by atoms with van der Waals surface area (Å²) in [5.74, 6) is -0.231. The van der Waals surface area contributed by atoms with Gasteiger partial charge in [0.1, 0.15) is 5.02 Å². The van der Waals surface area contributed by atoms with Gasteiger partial charge in [0.15, 0.2) is 0 Å². The van der Waals surface area contributed by atoms with E-state index in [1.165, 1.54) is 30.1 Å². The quantitative estimate of drug-likeness (QED) is 0.399. The Labute approximate surface area is 125 Å². The molecular formula is C12H12ClN3O3S. The number of carbonyl (C=O) groups excluding carboxylic acids is 1. The molecule has 1 aromatic rings. The Morgan fingerprint density at radius 1 is 1.55 bits per heavy atom. The number of nitrogens with zero attached hydrogens (tertiary/aromatic N) is 2. The highest BCUT2D eigenvalue weighted by Crippen LogP contribution is 2.34. The molecule has 0 aromatic heterocycles. The van der Waals surface area contributed by atoms with Crippen LogP contribution in [0.25, 0.3) is 0 Å². The van der Waals surface area contributed by atoms with Crippen LogP contribution in [0.1, 0.15) is 17.3 Å². The van der Waals surface area contributed by atoms with Crippen molar-refractivity contribution in [3.63, 3.8) is 0 Å². The largest absolute Gasteiger partial charge is 0.288 e. The third-order valence-corrected chi connectivity index (χ3v) is 4.40. The highest BCUT2D eigenvalue weighted by molar-refractivity contribution is 8.02. The Morgan fingerprint density at radius 3 is 2.80 bits per heavy atom. The maximum atomic E-state index is 12.4. The molecule has 0 saturated heterocycles. The number of hydrogen-bond donors (Lipinski definition) is 1. The topological polar surface area (TPSA) is 75.5 Å². The summed E-state index contributed by atoms with van der Waals surface area (Å²) in [6.07, 6.45) is 0. The minimum Gasteiger partial charge on any atom is -0.288 e. The minimum atomic E-state index is -0.595. The fraction of sp³-hybridized carbons (Fsp3) is 0.250. The summed E-state index contributed by atoms with van der Waals surface area (Å²) in [4.78, 5) is 23.2. The number of halogens is 1. The molecule has 1 aliphatic rings. The van der Waals surface area contributed by atoms with Gasteiger partial charge in [0.2, 0.25) is 5.78 Å². The van der Waals surface area contributed by atoms with E-state index in [2.05, 4.69) is 5.43 Å². The first kappa shape index (κ1) is 15.0. The van der Waals surface area contributed by atoms with E-state index in [0.717, 1.165) is 5.57 Å². The second kappa shape index (κ2) is 5.92. The van der Waals surface area contributed by atoms with Crippen molar-refractivity contribution in [2.45, 2.75) is 6.92 Å². The Hall–Kier alpha value is -1.41. The number of hydrogen-bond acceptors (Lipinski definition) is 6. The van der Waals surface area contributed by atoms with Crippen LogP contribution in [0.15, 0.2) is 28.7 Å². The van der Waals surface area contributed by atoms with Crippen molar-refractivity contribution >= 4 is 35.0 Å². The van der Waals surface area contributed by atoms with Crippen molar-refractivity contribution < 1.29 is 9.72 Å². The lowest BCUT2D eigenvalue weighted by atomic mass is 10.1. The fourth-order valence-electron chi connectivity index (χ4n) is 1.79. The average Bonchev–Trinajstić information content (AvgIpc) is 2.79. The maximum absolute atomic E-state index is 12.4. The van der Waals surface area contributed by atoms with Gasteiger partial charge in [-0.15, -0.1) is 0 Å². The lowest BCUT2D eigenvalue weighted by Crippen LogP contribution is -2.26. The van der Waals surface area contributed by atoms with Gasteiger partial charge in [-0.1, -0.05) is 11.6 Å². The standard InChI is InChI=1S/C12H12ClN3O3S/c1-7-6-15(14-2)20-12(7)11(17)8-3-4-9(13)10(5-8)16(18)19/h3-5,14H,6H2,1-2H3. The Bertz CT molecular complexity index is 618. The zero-order valence-electron chi connectivity index (χ0n) is 10.8. The van der Waals surface area contributed by atoms with E-state index in [4.69, 9.17) is 11.6 Å². The molecule has 2 rings (SSSR count). The Kier molecular flexibility index (Phi) is 4.44. The van der Waals surface area contributed by atoms with Gasteiger partial charge in [-0.05, 0) is 43.6 Å². The minimum absolute atomic E-state index is 0.0215. The third-order valence-electron chi connectivity index (χ3n) is 2.83. The highest BCUT2D eigenvalue weighted by atomic mass is 35.5. The molecular weight excluding hydrogens is 302 g/mol. The van der Waals surface area contributed by atoms with Crippen molar-refractivity contribution in [1.29, 1.82) is 0 Å². The van der Waals surface area contributed by atoms with Crippen LogP contribution in [-0.2, 0) is 0 Å². The smallest absolute Gasteiger partial charge is 0.288 e. The molecule has 1 heterocycles. The predicted octanol–water partition coefficient (Wildman–Crippen LogP) is 2.80. The fourth-order valence-corrected chi connectivity index (χ4v) is 2.97. The van der Waals surface area contributed by atoms with Crippen LogP contribution < -0.4 is 5.43 Å². The van der Waals surface area contributed by atoms with Crippen molar-refractivity contribution in [2.24, 2.45) is 0 Å². The first-order valence-electron chi connectivity index (χ1n) is 5.75. The van der Waals surface area contributed by atoms with Crippen molar-refractivity contribution in [1.82, 2.24) is 9.84 Å². The van der Waals surface area contributed by atoms with Gasteiger partial charge in [-0.25, -0.2) is 5.43 Å². The van der Waals surface area contributed by atoms with Crippen LogP contribution in [0.5, 0.6) is 0 Å². The normalized spacial score (nSPS) is 15.8. The second-order valence-electron chi connectivity index (χ2n) is 4.21. The zero-order chi connectivity index (χ0) is 14.9. The van der Waals surface area contributed by atoms with Crippen LogP contribution in [0.4, 0.5) is 5.69 Å². The van der Waals surface area contributed by atoms with Crippen LogP contribution >= 0.6 is 23.5 Å². The molecule has 0 atom stereocenters. The van der Waals surface area contributed by atoms with Crippen molar-refractivity contribution in [3.05, 3.63) is 49.4 Å². The zero-order valence-corrected chi connectivity index (χ0v) is 12.4. The number of allylic oxidation sites excluding steroid dienone is 1. The summed E-state index contributed by atoms with van der Waals surface area (Å²) in [7, 11) is 1.76. The van der Waals surface area contributed by atoms with Gasteiger partial charge in [-0.2, -0.15) is 4.41 Å². The third kappa shape index (κ3) is 2.85. The van der Waals surface area contributed by atoms with E-state index in [-0.39, 0.29) is 22.1 Å². The number of nitro benzene ring substituents is 1. The molecule has 106 valence electrons. The molecule has 1 aliphatic heterocycles. The number of nitro groups is 1. The average molecular weight is 314 g/mol. The molecule has 20 heavy (non-hydrogen) atoms. The summed E-state index contributed by atoms with van der Waals surface area (Å²) in [6.45, 7) is 2.49. The number of Topliss-reactive ketones (excluding diaryl/α,β-unsaturated/α-hetero) is 1.